The molecule has 0 saturated heterocycles. The van der Waals surface area contributed by atoms with Crippen LogP contribution in [0.2, 0.25) is 0 Å². The maximum atomic E-state index is 3.29. The summed E-state index contributed by atoms with van der Waals surface area (Å²) in [6.45, 7) is 8.84. The van der Waals surface area contributed by atoms with Crippen molar-refractivity contribution in [3.05, 3.63) is 29.8 Å². The minimum absolute atomic E-state index is 0.617. The molecule has 1 aromatic rings. The highest BCUT2D eigenvalue weighted by Gasteiger charge is 2.05. The van der Waals surface area contributed by atoms with E-state index in [4.69, 9.17) is 0 Å². The second-order valence-corrected chi connectivity index (χ2v) is 4.75. The number of anilines is 1. The van der Waals surface area contributed by atoms with E-state index in [0.717, 1.165) is 13.1 Å². The van der Waals surface area contributed by atoms with Gasteiger partial charge in [-0.1, -0.05) is 12.1 Å². The fourth-order valence-electron chi connectivity index (χ4n) is 2.03. The standard InChI is InChI=1S/C15H26N2/c1-5-17(11-7-9-14(3)16-4)15-10-6-8-13(2)12-15/h6,8,10,12,14,16H,5,7,9,11H2,1-4H3. The van der Waals surface area contributed by atoms with Gasteiger partial charge in [0, 0.05) is 24.8 Å². The molecule has 0 heterocycles. The highest BCUT2D eigenvalue weighted by atomic mass is 15.1. The molecule has 0 aromatic heterocycles. The maximum absolute atomic E-state index is 3.29. The Kier molecular flexibility index (Phi) is 6.06. The van der Waals surface area contributed by atoms with Gasteiger partial charge in [0.1, 0.15) is 0 Å². The zero-order valence-electron chi connectivity index (χ0n) is 11.7. The first-order valence-corrected chi connectivity index (χ1v) is 6.66. The molecule has 0 radical (unpaired) electrons. The molecule has 0 aliphatic rings. The zero-order chi connectivity index (χ0) is 12.7. The number of benzene rings is 1. The minimum Gasteiger partial charge on any atom is -0.372 e. The van der Waals surface area contributed by atoms with Gasteiger partial charge < -0.3 is 10.2 Å². The summed E-state index contributed by atoms with van der Waals surface area (Å²) in [5, 5.41) is 3.29. The monoisotopic (exact) mass is 234 g/mol. The molecule has 0 amide bonds. The van der Waals surface area contributed by atoms with Crippen molar-refractivity contribution in [2.24, 2.45) is 0 Å². The second kappa shape index (κ2) is 7.33. The van der Waals surface area contributed by atoms with Gasteiger partial charge in [0.25, 0.3) is 0 Å². The third-order valence-electron chi connectivity index (χ3n) is 3.31. The topological polar surface area (TPSA) is 15.3 Å². The highest BCUT2D eigenvalue weighted by molar-refractivity contribution is 5.48. The first kappa shape index (κ1) is 14.0. The van der Waals surface area contributed by atoms with Gasteiger partial charge in [0.15, 0.2) is 0 Å². The zero-order valence-corrected chi connectivity index (χ0v) is 11.7. The summed E-state index contributed by atoms with van der Waals surface area (Å²) in [6, 6.07) is 9.39. The smallest absolute Gasteiger partial charge is 0.0368 e. The minimum atomic E-state index is 0.617. The number of nitrogens with zero attached hydrogens (tertiary/aromatic N) is 1. The molecular weight excluding hydrogens is 208 g/mol. The van der Waals surface area contributed by atoms with Crippen LogP contribution in [0.15, 0.2) is 24.3 Å². The van der Waals surface area contributed by atoms with Gasteiger partial charge in [0.05, 0.1) is 0 Å². The van der Waals surface area contributed by atoms with E-state index in [9.17, 15) is 0 Å². The van der Waals surface area contributed by atoms with Crippen LogP contribution < -0.4 is 10.2 Å². The quantitative estimate of drug-likeness (QED) is 0.779. The third kappa shape index (κ3) is 4.78. The Labute approximate surface area is 106 Å². The van der Waals surface area contributed by atoms with E-state index in [0.29, 0.717) is 6.04 Å². The average Bonchev–Trinajstić information content (AvgIpc) is 2.34. The SMILES string of the molecule is CCN(CCCC(C)NC)c1cccc(C)c1. The number of aryl methyl sites for hydroxylation is 1. The predicted molar refractivity (Wildman–Crippen MR) is 76.8 cm³/mol. The van der Waals surface area contributed by atoms with Gasteiger partial charge in [0.2, 0.25) is 0 Å². The molecular formula is C15H26N2. The Morgan fingerprint density at radius 3 is 2.71 bits per heavy atom. The number of rotatable bonds is 7. The van der Waals surface area contributed by atoms with Crippen LogP contribution in [-0.4, -0.2) is 26.2 Å². The molecule has 1 unspecified atom stereocenters. The molecule has 0 bridgehead atoms. The van der Waals surface area contributed by atoms with E-state index in [1.54, 1.807) is 0 Å². The summed E-state index contributed by atoms with van der Waals surface area (Å²) in [5.74, 6) is 0. The maximum Gasteiger partial charge on any atom is 0.0368 e. The molecule has 0 spiro atoms. The van der Waals surface area contributed by atoms with Crippen molar-refractivity contribution in [2.75, 3.05) is 25.0 Å². The van der Waals surface area contributed by atoms with Gasteiger partial charge in [-0.25, -0.2) is 0 Å². The largest absolute Gasteiger partial charge is 0.372 e. The lowest BCUT2D eigenvalue weighted by molar-refractivity contribution is 0.539. The molecule has 1 aromatic carbocycles. The van der Waals surface area contributed by atoms with Crippen molar-refractivity contribution in [3.8, 4) is 0 Å². The number of nitrogens with one attached hydrogen (secondary N) is 1. The lowest BCUT2D eigenvalue weighted by Gasteiger charge is -2.24. The summed E-state index contributed by atoms with van der Waals surface area (Å²) in [7, 11) is 2.03. The molecule has 2 nitrogen and oxygen atoms in total. The highest BCUT2D eigenvalue weighted by Crippen LogP contribution is 2.16. The molecule has 0 fully saturated rings. The van der Waals surface area contributed by atoms with Gasteiger partial charge in [-0.05, 0) is 58.4 Å². The van der Waals surface area contributed by atoms with Crippen LogP contribution >= 0.6 is 0 Å². The van der Waals surface area contributed by atoms with E-state index in [1.165, 1.54) is 24.1 Å². The first-order valence-electron chi connectivity index (χ1n) is 6.66. The number of hydrogen-bond donors (Lipinski definition) is 1. The Hall–Kier alpha value is -1.02. The Morgan fingerprint density at radius 2 is 2.12 bits per heavy atom. The van der Waals surface area contributed by atoms with E-state index in [2.05, 4.69) is 55.3 Å². The van der Waals surface area contributed by atoms with E-state index < -0.39 is 0 Å². The fourth-order valence-corrected chi connectivity index (χ4v) is 2.03. The normalized spacial score (nSPS) is 12.5. The van der Waals surface area contributed by atoms with Crippen molar-refractivity contribution in [2.45, 2.75) is 39.7 Å². The molecule has 0 aliphatic carbocycles. The fraction of sp³-hybridized carbons (Fsp3) is 0.600. The van der Waals surface area contributed by atoms with Crippen LogP contribution in [0.4, 0.5) is 5.69 Å². The van der Waals surface area contributed by atoms with E-state index in [1.807, 2.05) is 7.05 Å². The summed E-state index contributed by atoms with van der Waals surface area (Å²) >= 11 is 0. The lowest BCUT2D eigenvalue weighted by Crippen LogP contribution is -2.27. The summed E-state index contributed by atoms with van der Waals surface area (Å²) in [6.07, 6.45) is 2.47. The summed E-state index contributed by atoms with van der Waals surface area (Å²) in [5.41, 5.74) is 2.69. The van der Waals surface area contributed by atoms with Crippen molar-refractivity contribution >= 4 is 5.69 Å². The van der Waals surface area contributed by atoms with Crippen molar-refractivity contribution in [1.82, 2.24) is 5.32 Å². The van der Waals surface area contributed by atoms with Crippen molar-refractivity contribution in [1.29, 1.82) is 0 Å². The Bertz CT molecular complexity index is 322. The van der Waals surface area contributed by atoms with Gasteiger partial charge in [-0.15, -0.1) is 0 Å². The van der Waals surface area contributed by atoms with E-state index in [-0.39, 0.29) is 0 Å². The van der Waals surface area contributed by atoms with Crippen LogP contribution in [-0.2, 0) is 0 Å². The predicted octanol–water partition coefficient (Wildman–Crippen LogP) is 3.21. The van der Waals surface area contributed by atoms with Crippen LogP contribution in [0.5, 0.6) is 0 Å². The Balaban J connectivity index is 2.48. The van der Waals surface area contributed by atoms with E-state index >= 15 is 0 Å². The van der Waals surface area contributed by atoms with Gasteiger partial charge in [-0.3, -0.25) is 0 Å². The van der Waals surface area contributed by atoms with Crippen LogP contribution in [0, 0.1) is 6.92 Å². The molecule has 2 heteroatoms. The summed E-state index contributed by atoms with van der Waals surface area (Å²) in [4.78, 5) is 2.45. The third-order valence-corrected chi connectivity index (χ3v) is 3.31. The number of hydrogen-bond acceptors (Lipinski definition) is 2. The molecule has 96 valence electrons. The van der Waals surface area contributed by atoms with Crippen LogP contribution in [0.25, 0.3) is 0 Å². The van der Waals surface area contributed by atoms with Gasteiger partial charge >= 0.3 is 0 Å². The van der Waals surface area contributed by atoms with Crippen molar-refractivity contribution in [3.63, 3.8) is 0 Å². The Morgan fingerprint density at radius 1 is 1.35 bits per heavy atom. The second-order valence-electron chi connectivity index (χ2n) is 4.75. The molecule has 0 aliphatic heterocycles. The lowest BCUT2D eigenvalue weighted by atomic mass is 10.1. The molecule has 1 rings (SSSR count). The van der Waals surface area contributed by atoms with Crippen molar-refractivity contribution < 1.29 is 0 Å². The average molecular weight is 234 g/mol. The molecule has 17 heavy (non-hydrogen) atoms. The summed E-state index contributed by atoms with van der Waals surface area (Å²) < 4.78 is 0. The van der Waals surface area contributed by atoms with Crippen LogP contribution in [0.1, 0.15) is 32.3 Å². The van der Waals surface area contributed by atoms with Crippen LogP contribution in [0.3, 0.4) is 0 Å². The molecule has 1 N–H and O–H groups in total. The molecule has 0 saturated carbocycles. The first-order chi connectivity index (χ1) is 8.17. The molecule has 1 atom stereocenters. The van der Waals surface area contributed by atoms with Gasteiger partial charge in [-0.2, -0.15) is 0 Å².